The van der Waals surface area contributed by atoms with E-state index in [1.54, 1.807) is 4.90 Å². The molecule has 1 aromatic rings. The summed E-state index contributed by atoms with van der Waals surface area (Å²) in [5.41, 5.74) is 7.86. The molecule has 1 aliphatic rings. The first-order valence-electron chi connectivity index (χ1n) is 6.12. The second-order valence-corrected chi connectivity index (χ2v) is 5.10. The van der Waals surface area contributed by atoms with Crippen molar-refractivity contribution in [1.29, 1.82) is 0 Å². The van der Waals surface area contributed by atoms with Crippen LogP contribution in [0.5, 0.6) is 0 Å². The summed E-state index contributed by atoms with van der Waals surface area (Å²) >= 11 is 0. The molecule has 1 saturated carbocycles. The van der Waals surface area contributed by atoms with Crippen LogP contribution in [0.25, 0.3) is 0 Å². The van der Waals surface area contributed by atoms with Gasteiger partial charge in [-0.2, -0.15) is 0 Å². The number of nitrogens with two attached hydrogens (primary N) is 1. The van der Waals surface area contributed by atoms with Gasteiger partial charge in [-0.05, 0) is 37.3 Å². The minimum Gasteiger partial charge on any atom is -0.340 e. The number of hydrogen-bond donors (Lipinski definition) is 1. The van der Waals surface area contributed by atoms with Gasteiger partial charge in [0.1, 0.15) is 0 Å². The van der Waals surface area contributed by atoms with Gasteiger partial charge < -0.3 is 10.6 Å². The number of likely N-dealkylation sites (N-methyl/N-ethyl adjacent to an activating group) is 1. The number of benzene rings is 1. The molecule has 0 heterocycles. The average molecular weight is 232 g/mol. The van der Waals surface area contributed by atoms with Gasteiger partial charge in [0.05, 0.1) is 5.54 Å². The second-order valence-electron chi connectivity index (χ2n) is 5.10. The first-order chi connectivity index (χ1) is 8.03. The Kier molecular flexibility index (Phi) is 3.20. The average Bonchev–Trinajstić information content (AvgIpc) is 2.28. The van der Waals surface area contributed by atoms with E-state index in [4.69, 9.17) is 5.73 Å². The molecule has 1 aliphatic carbocycles. The number of carbonyl (C=O) groups excluding carboxylic acids is 1. The number of nitrogens with zero attached hydrogens (tertiary/aromatic N) is 1. The van der Waals surface area contributed by atoms with Gasteiger partial charge in [-0.15, -0.1) is 0 Å². The fraction of sp³-hybridized carbons (Fsp3) is 0.500. The quantitative estimate of drug-likeness (QED) is 0.864. The third-order valence-corrected chi connectivity index (χ3v) is 3.69. The van der Waals surface area contributed by atoms with Gasteiger partial charge in [-0.25, -0.2) is 0 Å². The molecule has 0 radical (unpaired) electrons. The van der Waals surface area contributed by atoms with Gasteiger partial charge in [0.25, 0.3) is 0 Å². The molecule has 3 nitrogen and oxygen atoms in total. The molecule has 92 valence electrons. The molecule has 1 fully saturated rings. The Morgan fingerprint density at radius 3 is 2.59 bits per heavy atom. The number of carbonyl (C=O) groups is 1. The van der Waals surface area contributed by atoms with Crippen molar-refractivity contribution in [1.82, 2.24) is 4.90 Å². The Labute approximate surface area is 103 Å². The highest BCUT2D eigenvalue weighted by atomic mass is 16.2. The van der Waals surface area contributed by atoms with Crippen LogP contribution in [0.3, 0.4) is 0 Å². The maximum atomic E-state index is 12.2. The van der Waals surface area contributed by atoms with Crippen LogP contribution in [0, 0.1) is 6.92 Å². The Morgan fingerprint density at radius 1 is 1.41 bits per heavy atom. The Balaban J connectivity index is 2.04. The summed E-state index contributed by atoms with van der Waals surface area (Å²) in [5.74, 6) is 0.0759. The SMILES string of the molecule is Cc1ccccc1CN(C)C(=O)C1(N)CCC1. The number of hydrogen-bond acceptors (Lipinski definition) is 2. The van der Waals surface area contributed by atoms with Crippen molar-refractivity contribution in [3.63, 3.8) is 0 Å². The van der Waals surface area contributed by atoms with Crippen molar-refractivity contribution in [3.8, 4) is 0 Å². The molecule has 0 aliphatic heterocycles. The minimum atomic E-state index is -0.586. The molecule has 0 aromatic heterocycles. The molecule has 0 atom stereocenters. The van der Waals surface area contributed by atoms with E-state index in [0.717, 1.165) is 19.3 Å². The summed E-state index contributed by atoms with van der Waals surface area (Å²) in [7, 11) is 1.84. The predicted octanol–water partition coefficient (Wildman–Crippen LogP) is 1.83. The zero-order chi connectivity index (χ0) is 12.5. The van der Waals surface area contributed by atoms with Crippen LogP contribution >= 0.6 is 0 Å². The van der Waals surface area contributed by atoms with Crippen molar-refractivity contribution < 1.29 is 4.79 Å². The lowest BCUT2D eigenvalue weighted by Crippen LogP contribution is -2.58. The number of rotatable bonds is 3. The van der Waals surface area contributed by atoms with E-state index in [2.05, 4.69) is 19.1 Å². The van der Waals surface area contributed by atoms with Crippen LogP contribution in [0.1, 0.15) is 30.4 Å². The topological polar surface area (TPSA) is 46.3 Å². The third-order valence-electron chi connectivity index (χ3n) is 3.69. The van der Waals surface area contributed by atoms with Gasteiger partial charge in [0, 0.05) is 13.6 Å². The first-order valence-corrected chi connectivity index (χ1v) is 6.12. The third kappa shape index (κ3) is 2.34. The van der Waals surface area contributed by atoms with Crippen molar-refractivity contribution in [3.05, 3.63) is 35.4 Å². The van der Waals surface area contributed by atoms with E-state index in [9.17, 15) is 4.79 Å². The van der Waals surface area contributed by atoms with E-state index in [-0.39, 0.29) is 5.91 Å². The van der Waals surface area contributed by atoms with Gasteiger partial charge in [0.15, 0.2) is 0 Å². The van der Waals surface area contributed by atoms with Crippen LogP contribution in [0.2, 0.25) is 0 Å². The van der Waals surface area contributed by atoms with Crippen LogP contribution in [0.4, 0.5) is 0 Å². The lowest BCUT2D eigenvalue weighted by molar-refractivity contribution is -0.139. The molecule has 1 amide bonds. The van der Waals surface area contributed by atoms with Crippen LogP contribution in [-0.4, -0.2) is 23.4 Å². The van der Waals surface area contributed by atoms with Crippen molar-refractivity contribution in [2.24, 2.45) is 5.73 Å². The monoisotopic (exact) mass is 232 g/mol. The van der Waals surface area contributed by atoms with Crippen LogP contribution in [0.15, 0.2) is 24.3 Å². The van der Waals surface area contributed by atoms with Crippen molar-refractivity contribution in [2.45, 2.75) is 38.3 Å². The number of aryl methyl sites for hydroxylation is 1. The van der Waals surface area contributed by atoms with Gasteiger partial charge in [-0.1, -0.05) is 24.3 Å². The second kappa shape index (κ2) is 4.49. The van der Waals surface area contributed by atoms with Crippen LogP contribution < -0.4 is 5.73 Å². The molecule has 2 N–H and O–H groups in total. The summed E-state index contributed by atoms with van der Waals surface area (Å²) in [6.07, 6.45) is 2.72. The number of amides is 1. The maximum Gasteiger partial charge on any atom is 0.242 e. The molecule has 2 rings (SSSR count). The fourth-order valence-corrected chi connectivity index (χ4v) is 2.27. The molecule has 3 heteroatoms. The zero-order valence-corrected chi connectivity index (χ0v) is 10.6. The molecule has 0 spiro atoms. The summed E-state index contributed by atoms with van der Waals surface area (Å²) in [4.78, 5) is 13.9. The van der Waals surface area contributed by atoms with E-state index < -0.39 is 5.54 Å². The molecule has 1 aromatic carbocycles. The molecule has 17 heavy (non-hydrogen) atoms. The lowest BCUT2D eigenvalue weighted by atomic mass is 9.76. The highest BCUT2D eigenvalue weighted by Gasteiger charge is 2.41. The molecular formula is C14H20N2O. The fourth-order valence-electron chi connectivity index (χ4n) is 2.27. The van der Waals surface area contributed by atoms with Gasteiger partial charge in [-0.3, -0.25) is 4.79 Å². The zero-order valence-electron chi connectivity index (χ0n) is 10.6. The molecule has 0 saturated heterocycles. The Morgan fingerprint density at radius 2 is 2.06 bits per heavy atom. The van der Waals surface area contributed by atoms with Gasteiger partial charge in [0.2, 0.25) is 5.91 Å². The minimum absolute atomic E-state index is 0.0759. The van der Waals surface area contributed by atoms with E-state index >= 15 is 0 Å². The summed E-state index contributed by atoms with van der Waals surface area (Å²) < 4.78 is 0. The molecule has 0 bridgehead atoms. The summed E-state index contributed by atoms with van der Waals surface area (Å²) in [6, 6.07) is 8.14. The smallest absolute Gasteiger partial charge is 0.242 e. The van der Waals surface area contributed by atoms with E-state index in [1.165, 1.54) is 11.1 Å². The van der Waals surface area contributed by atoms with Gasteiger partial charge >= 0.3 is 0 Å². The van der Waals surface area contributed by atoms with E-state index in [0.29, 0.717) is 6.54 Å². The normalized spacial score (nSPS) is 17.4. The highest BCUT2D eigenvalue weighted by Crippen LogP contribution is 2.31. The van der Waals surface area contributed by atoms with Crippen LogP contribution in [-0.2, 0) is 11.3 Å². The highest BCUT2D eigenvalue weighted by molar-refractivity contribution is 5.86. The largest absolute Gasteiger partial charge is 0.340 e. The van der Waals surface area contributed by atoms with E-state index in [1.807, 2.05) is 19.2 Å². The Bertz CT molecular complexity index is 424. The lowest BCUT2D eigenvalue weighted by Gasteiger charge is -2.39. The predicted molar refractivity (Wildman–Crippen MR) is 68.4 cm³/mol. The Hall–Kier alpha value is -1.35. The maximum absolute atomic E-state index is 12.2. The standard InChI is InChI=1S/C14H20N2O/c1-11-6-3-4-7-12(11)10-16(2)13(17)14(15)8-5-9-14/h3-4,6-7H,5,8-10,15H2,1-2H3. The first kappa shape index (κ1) is 12.1. The molecular weight excluding hydrogens is 212 g/mol. The summed E-state index contributed by atoms with van der Waals surface area (Å²) in [5, 5.41) is 0. The molecule has 0 unspecified atom stereocenters. The summed E-state index contributed by atoms with van der Waals surface area (Å²) in [6.45, 7) is 2.71. The van der Waals surface area contributed by atoms with Crippen molar-refractivity contribution >= 4 is 5.91 Å². The van der Waals surface area contributed by atoms with Crippen molar-refractivity contribution in [2.75, 3.05) is 7.05 Å².